The number of unbranched alkanes of at least 4 members (excludes halogenated alkanes) is 3. The van der Waals surface area contributed by atoms with Crippen LogP contribution in [0.4, 0.5) is 0 Å². The molecule has 0 heterocycles. The molecule has 0 radical (unpaired) electrons. The van der Waals surface area contributed by atoms with Crippen molar-refractivity contribution in [2.75, 3.05) is 0 Å². The fourth-order valence-corrected chi connectivity index (χ4v) is 2.62. The van der Waals surface area contributed by atoms with Crippen LogP contribution in [-0.2, 0) is 26.1 Å². The van der Waals surface area contributed by atoms with Crippen LogP contribution in [0.15, 0.2) is 0 Å². The van der Waals surface area contributed by atoms with Crippen LogP contribution in [-0.4, -0.2) is 0 Å². The Hall–Kier alpha value is 0.935. The molecule has 40 valence electrons. The van der Waals surface area contributed by atoms with E-state index in [4.69, 9.17) is 0 Å². The second kappa shape index (κ2) is 6.94. The summed E-state index contributed by atoms with van der Waals surface area (Å²) < 4.78 is 1.58. The van der Waals surface area contributed by atoms with Gasteiger partial charge < -0.3 is 0 Å². The van der Waals surface area contributed by atoms with E-state index < -0.39 is 0 Å². The summed E-state index contributed by atoms with van der Waals surface area (Å²) in [4.78, 5) is 0. The van der Waals surface area contributed by atoms with E-state index in [0.29, 0.717) is 0 Å². The van der Waals surface area contributed by atoms with E-state index >= 15 is 0 Å². The Labute approximate surface area is 62.7 Å². The van der Waals surface area contributed by atoms with E-state index in [0.717, 1.165) is 26.1 Å². The van der Waals surface area contributed by atoms with Crippen molar-refractivity contribution in [2.24, 2.45) is 0 Å². The first-order chi connectivity index (χ1) is 3.41. The quantitative estimate of drug-likeness (QED) is 0.549. The standard InChI is InChI=1S/C6H13.Hg.H/c1-3-5-6-4-2;;/h1,3-6H2,2H3;;. The molecule has 0 N–H and O–H groups in total. The summed E-state index contributed by atoms with van der Waals surface area (Å²) in [6.07, 6.45) is 5.86. The average molecular weight is 287 g/mol. The molecule has 0 aliphatic heterocycles. The number of hydrogen-bond acceptors (Lipinski definition) is 0. The van der Waals surface area contributed by atoms with Gasteiger partial charge in [0.2, 0.25) is 0 Å². The van der Waals surface area contributed by atoms with Crippen LogP contribution in [0.1, 0.15) is 32.6 Å². The van der Waals surface area contributed by atoms with Gasteiger partial charge in [0.1, 0.15) is 0 Å². The summed E-state index contributed by atoms with van der Waals surface area (Å²) in [6, 6.07) is 0. The van der Waals surface area contributed by atoms with Crippen LogP contribution in [0.2, 0.25) is 3.93 Å². The summed E-state index contributed by atoms with van der Waals surface area (Å²) >= 11 is 0.902. The van der Waals surface area contributed by atoms with Crippen LogP contribution < -0.4 is 0 Å². The van der Waals surface area contributed by atoms with Gasteiger partial charge in [-0.25, -0.2) is 0 Å². The molecular weight excluding hydrogens is 273 g/mol. The van der Waals surface area contributed by atoms with Crippen molar-refractivity contribution in [3.05, 3.63) is 0 Å². The predicted octanol–water partition coefficient (Wildman–Crippen LogP) is 2.26. The first-order valence-corrected chi connectivity index (χ1v) is 8.91. The zero-order valence-corrected chi connectivity index (χ0v) is 13.3. The van der Waals surface area contributed by atoms with E-state index in [1.807, 2.05) is 0 Å². The third kappa shape index (κ3) is 6.94. The van der Waals surface area contributed by atoms with Crippen molar-refractivity contribution in [2.45, 2.75) is 36.5 Å². The summed E-state index contributed by atoms with van der Waals surface area (Å²) in [5, 5.41) is 0. The molecule has 0 saturated carbocycles. The van der Waals surface area contributed by atoms with Gasteiger partial charge in [0.15, 0.2) is 0 Å². The molecule has 7 heavy (non-hydrogen) atoms. The van der Waals surface area contributed by atoms with Gasteiger partial charge in [-0.05, 0) is 0 Å². The molecule has 0 amide bonds. The third-order valence-corrected chi connectivity index (χ3v) is 3.96. The molecule has 0 nitrogen and oxygen atoms in total. The predicted molar refractivity (Wildman–Crippen MR) is 30.3 cm³/mol. The summed E-state index contributed by atoms with van der Waals surface area (Å²) in [7, 11) is 0. The molecule has 0 aromatic rings. The molecule has 0 unspecified atom stereocenters. The molecule has 0 rings (SSSR count). The number of rotatable bonds is 4. The zero-order chi connectivity index (χ0) is 5.54. The van der Waals surface area contributed by atoms with Gasteiger partial charge in [-0.2, -0.15) is 0 Å². The van der Waals surface area contributed by atoms with Crippen molar-refractivity contribution >= 4 is 0 Å². The van der Waals surface area contributed by atoms with Crippen molar-refractivity contribution in [3.63, 3.8) is 0 Å². The zero-order valence-electron chi connectivity index (χ0n) is 5.54. The Kier molecular flexibility index (Phi) is 7.86. The first kappa shape index (κ1) is 7.94. The number of hydrogen-bond donors (Lipinski definition) is 0. The van der Waals surface area contributed by atoms with E-state index in [2.05, 4.69) is 6.92 Å². The van der Waals surface area contributed by atoms with Gasteiger partial charge in [0.25, 0.3) is 0 Å². The maximum absolute atomic E-state index is 2.26. The van der Waals surface area contributed by atoms with Crippen LogP contribution in [0, 0.1) is 0 Å². The molecule has 0 fully saturated rings. The van der Waals surface area contributed by atoms with Gasteiger partial charge in [-0.3, -0.25) is 0 Å². The van der Waals surface area contributed by atoms with Crippen molar-refractivity contribution in [1.82, 2.24) is 0 Å². The van der Waals surface area contributed by atoms with Crippen LogP contribution in [0.25, 0.3) is 0 Å². The SMILES string of the molecule is CCCCC[CH2][HgH]. The van der Waals surface area contributed by atoms with Gasteiger partial charge in [-0.1, -0.05) is 0 Å². The molecule has 0 saturated heterocycles. The molecule has 0 bridgehead atoms. The Balaban J connectivity index is 2.45. The van der Waals surface area contributed by atoms with Crippen molar-refractivity contribution in [3.8, 4) is 0 Å². The molecule has 0 spiro atoms. The Morgan fingerprint density at radius 1 is 1.14 bits per heavy atom. The molecular formula is C6H14Hg. The fraction of sp³-hybridized carbons (Fsp3) is 1.00. The van der Waals surface area contributed by atoms with Crippen LogP contribution in [0.5, 0.6) is 0 Å². The van der Waals surface area contributed by atoms with Crippen LogP contribution >= 0.6 is 0 Å². The molecule has 0 atom stereocenters. The van der Waals surface area contributed by atoms with Crippen LogP contribution in [0.3, 0.4) is 0 Å². The monoisotopic (exact) mass is 288 g/mol. The molecule has 0 aliphatic carbocycles. The molecule has 1 heteroatoms. The Bertz CT molecular complexity index is 23.4. The summed E-state index contributed by atoms with van der Waals surface area (Å²) in [5.74, 6) is 0. The fourth-order valence-electron chi connectivity index (χ4n) is 0.677. The minimum atomic E-state index is 0.902. The first-order valence-electron chi connectivity index (χ1n) is 3.41. The molecule has 0 aromatic carbocycles. The Morgan fingerprint density at radius 2 is 1.86 bits per heavy atom. The van der Waals surface area contributed by atoms with Gasteiger partial charge >= 0.3 is 62.7 Å². The van der Waals surface area contributed by atoms with E-state index in [1.54, 1.807) is 3.93 Å². The van der Waals surface area contributed by atoms with Crippen molar-refractivity contribution in [1.29, 1.82) is 0 Å². The Morgan fingerprint density at radius 3 is 2.29 bits per heavy atom. The van der Waals surface area contributed by atoms with E-state index in [9.17, 15) is 0 Å². The molecule has 0 aliphatic rings. The van der Waals surface area contributed by atoms with Gasteiger partial charge in [-0.15, -0.1) is 0 Å². The minimum absolute atomic E-state index is 0.902. The summed E-state index contributed by atoms with van der Waals surface area (Å²) in [5.41, 5.74) is 0. The molecule has 0 aromatic heterocycles. The van der Waals surface area contributed by atoms with Gasteiger partial charge in [0.05, 0.1) is 0 Å². The van der Waals surface area contributed by atoms with Gasteiger partial charge in [0, 0.05) is 0 Å². The van der Waals surface area contributed by atoms with Crippen molar-refractivity contribution < 1.29 is 26.1 Å². The second-order valence-electron chi connectivity index (χ2n) is 2.06. The summed E-state index contributed by atoms with van der Waals surface area (Å²) in [6.45, 7) is 2.26. The third-order valence-electron chi connectivity index (χ3n) is 1.21. The second-order valence-corrected chi connectivity index (χ2v) is 5.95. The average Bonchev–Trinajstić information content (AvgIpc) is 1.69. The normalized spacial score (nSPS) is 9.14. The maximum atomic E-state index is 2.26. The topological polar surface area (TPSA) is 0 Å². The van der Waals surface area contributed by atoms with E-state index in [-0.39, 0.29) is 0 Å². The van der Waals surface area contributed by atoms with E-state index in [1.165, 1.54) is 25.7 Å².